The van der Waals surface area contributed by atoms with Crippen LogP contribution in [0.4, 0.5) is 0 Å². The average Bonchev–Trinajstić information content (AvgIpc) is 2.64. The largest absolute Gasteiger partial charge is 0.480 e. The number of nitrogens with one attached hydrogen (secondary N) is 1. The van der Waals surface area contributed by atoms with Gasteiger partial charge in [0, 0.05) is 70.4 Å². The number of amides is 1. The fourth-order valence-corrected chi connectivity index (χ4v) is 2.88. The lowest BCUT2D eigenvalue weighted by molar-refractivity contribution is -0.138. The number of azide groups is 1. The van der Waals surface area contributed by atoms with E-state index in [4.69, 9.17) is 10.6 Å². The van der Waals surface area contributed by atoms with Gasteiger partial charge in [-0.05, 0) is 26.0 Å². The van der Waals surface area contributed by atoms with E-state index in [0.717, 1.165) is 32.7 Å². The first-order chi connectivity index (χ1) is 13.4. The minimum Gasteiger partial charge on any atom is -0.480 e. The zero-order valence-electron chi connectivity index (χ0n) is 17.1. The second-order valence-corrected chi connectivity index (χ2v) is 7.21. The third-order valence-electron chi connectivity index (χ3n) is 4.74. The van der Waals surface area contributed by atoms with Gasteiger partial charge in [-0.15, -0.1) is 0 Å². The van der Waals surface area contributed by atoms with Crippen LogP contribution in [0.2, 0.25) is 0 Å². The van der Waals surface area contributed by atoms with Gasteiger partial charge >= 0.3 is 5.97 Å². The van der Waals surface area contributed by atoms with Gasteiger partial charge in [0.05, 0.1) is 13.1 Å². The van der Waals surface area contributed by atoms with E-state index in [0.29, 0.717) is 39.1 Å². The smallest absolute Gasteiger partial charge is 0.317 e. The highest BCUT2D eigenvalue weighted by molar-refractivity contribution is 5.77. The van der Waals surface area contributed by atoms with E-state index in [1.807, 2.05) is 4.90 Å². The molecular formula is C17H34N8O3. The van der Waals surface area contributed by atoms with Crippen LogP contribution in [0.5, 0.6) is 0 Å². The maximum atomic E-state index is 12.2. The second-order valence-electron chi connectivity index (χ2n) is 7.21. The maximum absolute atomic E-state index is 12.2. The molecule has 1 rings (SSSR count). The Bertz CT molecular complexity index is 527. The summed E-state index contributed by atoms with van der Waals surface area (Å²) in [4.78, 5) is 34.5. The van der Waals surface area contributed by atoms with E-state index in [2.05, 4.69) is 44.1 Å². The highest BCUT2D eigenvalue weighted by atomic mass is 16.4. The monoisotopic (exact) mass is 398 g/mol. The molecule has 0 saturated carbocycles. The van der Waals surface area contributed by atoms with Crippen molar-refractivity contribution in [2.75, 3.05) is 92.6 Å². The number of rotatable bonds is 8. The molecule has 0 aromatic carbocycles. The first-order valence-corrected chi connectivity index (χ1v) is 9.72. The molecule has 11 heteroatoms. The number of carboxylic acids is 1. The Balaban J connectivity index is 2.58. The van der Waals surface area contributed by atoms with Crippen molar-refractivity contribution < 1.29 is 14.7 Å². The minimum absolute atomic E-state index is 0.00713. The molecule has 0 aliphatic carbocycles. The van der Waals surface area contributed by atoms with Crippen molar-refractivity contribution in [3.8, 4) is 0 Å². The Kier molecular flexibility index (Phi) is 12.2. The summed E-state index contributed by atoms with van der Waals surface area (Å²) in [6.45, 7) is 7.29. The van der Waals surface area contributed by atoms with E-state index >= 15 is 0 Å². The highest BCUT2D eigenvalue weighted by Crippen LogP contribution is 1.98. The van der Waals surface area contributed by atoms with Crippen molar-refractivity contribution in [2.45, 2.75) is 6.42 Å². The summed E-state index contributed by atoms with van der Waals surface area (Å²) in [6, 6.07) is 0. The van der Waals surface area contributed by atoms with Gasteiger partial charge in [-0.2, -0.15) is 0 Å². The summed E-state index contributed by atoms with van der Waals surface area (Å²) in [5.74, 6) is -0.904. The summed E-state index contributed by atoms with van der Waals surface area (Å²) < 4.78 is 0. The molecule has 1 aliphatic heterocycles. The third-order valence-corrected chi connectivity index (χ3v) is 4.74. The van der Waals surface area contributed by atoms with Crippen LogP contribution in [0, 0.1) is 0 Å². The number of hydrogen-bond acceptors (Lipinski definition) is 7. The van der Waals surface area contributed by atoms with Crippen LogP contribution in [0.3, 0.4) is 0 Å². The number of hydrogen-bond donors (Lipinski definition) is 2. The van der Waals surface area contributed by atoms with Crippen LogP contribution in [0.15, 0.2) is 5.11 Å². The zero-order valence-corrected chi connectivity index (χ0v) is 17.1. The van der Waals surface area contributed by atoms with E-state index < -0.39 is 5.97 Å². The van der Waals surface area contributed by atoms with E-state index in [-0.39, 0.29) is 19.0 Å². The van der Waals surface area contributed by atoms with Crippen molar-refractivity contribution in [1.29, 1.82) is 0 Å². The maximum Gasteiger partial charge on any atom is 0.317 e. The molecule has 160 valence electrons. The summed E-state index contributed by atoms with van der Waals surface area (Å²) in [5, 5.41) is 15.4. The van der Waals surface area contributed by atoms with Gasteiger partial charge in [-0.3, -0.25) is 19.4 Å². The molecule has 0 radical (unpaired) electrons. The zero-order chi connectivity index (χ0) is 20.8. The molecule has 1 heterocycles. The molecule has 0 atom stereocenters. The normalized spacial score (nSPS) is 19.2. The molecule has 0 unspecified atom stereocenters. The summed E-state index contributed by atoms with van der Waals surface area (Å²) in [6.07, 6.45) is 0.610. The van der Waals surface area contributed by atoms with Crippen LogP contribution in [0.25, 0.3) is 10.4 Å². The number of carboxylic acid groups (broad SMARTS) is 1. The van der Waals surface area contributed by atoms with Crippen molar-refractivity contribution in [2.24, 2.45) is 5.11 Å². The van der Waals surface area contributed by atoms with Crippen LogP contribution < -0.4 is 5.32 Å². The Morgan fingerprint density at radius 1 is 0.964 bits per heavy atom. The fraction of sp³-hybridized carbons (Fsp3) is 0.882. The SMILES string of the molecule is CN1CCN(C)CCN(CC(=O)NCCCN=[N+]=[N-])CCN(CC(=O)O)CC1. The van der Waals surface area contributed by atoms with Gasteiger partial charge in [-0.1, -0.05) is 5.11 Å². The molecule has 1 aliphatic rings. The standard InChI is InChI=1S/C17H34N8O3/c1-22-6-7-23(2)9-11-25(15-17(27)28)13-12-24(10-8-22)14-16(26)19-4-3-5-20-21-18/h3-15H2,1-2H3,(H,19,26)(H,27,28). The number of carbonyl (C=O) groups is 2. The summed E-state index contributed by atoms with van der Waals surface area (Å²) in [7, 11) is 4.13. The second kappa shape index (κ2) is 14.1. The van der Waals surface area contributed by atoms with Crippen molar-refractivity contribution in [1.82, 2.24) is 24.9 Å². The number of nitrogens with zero attached hydrogens (tertiary/aromatic N) is 7. The minimum atomic E-state index is -0.834. The Morgan fingerprint density at radius 2 is 1.46 bits per heavy atom. The van der Waals surface area contributed by atoms with Gasteiger partial charge in [0.25, 0.3) is 0 Å². The van der Waals surface area contributed by atoms with Crippen LogP contribution in [-0.2, 0) is 9.59 Å². The topological polar surface area (TPSA) is 128 Å². The lowest BCUT2D eigenvalue weighted by atomic mass is 10.3. The lowest BCUT2D eigenvalue weighted by Crippen LogP contribution is -2.47. The van der Waals surface area contributed by atoms with Gasteiger partial charge in [0.15, 0.2) is 0 Å². The molecule has 28 heavy (non-hydrogen) atoms. The predicted octanol–water partition coefficient (Wildman–Crippen LogP) is -0.631. The Morgan fingerprint density at radius 3 is 2.00 bits per heavy atom. The molecule has 2 N–H and O–H groups in total. The first-order valence-electron chi connectivity index (χ1n) is 9.72. The van der Waals surface area contributed by atoms with Crippen molar-refractivity contribution in [3.05, 3.63) is 10.4 Å². The van der Waals surface area contributed by atoms with Crippen LogP contribution >= 0.6 is 0 Å². The third kappa shape index (κ3) is 11.7. The molecule has 1 saturated heterocycles. The molecule has 1 amide bonds. The highest BCUT2D eigenvalue weighted by Gasteiger charge is 2.17. The Hall–Kier alpha value is -1.91. The number of aliphatic carboxylic acids is 1. The first kappa shape index (κ1) is 24.1. The van der Waals surface area contributed by atoms with E-state index in [1.165, 1.54) is 0 Å². The quantitative estimate of drug-likeness (QED) is 0.241. The van der Waals surface area contributed by atoms with Gasteiger partial charge < -0.3 is 20.2 Å². The molecule has 0 bridgehead atoms. The Labute approximate surface area is 166 Å². The predicted molar refractivity (Wildman–Crippen MR) is 107 cm³/mol. The molecular weight excluding hydrogens is 364 g/mol. The van der Waals surface area contributed by atoms with Crippen LogP contribution in [-0.4, -0.2) is 129 Å². The van der Waals surface area contributed by atoms with E-state index in [9.17, 15) is 9.59 Å². The lowest BCUT2D eigenvalue weighted by Gasteiger charge is -2.31. The molecule has 0 aromatic rings. The van der Waals surface area contributed by atoms with E-state index in [1.54, 1.807) is 0 Å². The molecule has 0 aromatic heterocycles. The van der Waals surface area contributed by atoms with Crippen molar-refractivity contribution in [3.63, 3.8) is 0 Å². The molecule has 11 nitrogen and oxygen atoms in total. The van der Waals surface area contributed by atoms with Crippen molar-refractivity contribution >= 4 is 11.9 Å². The molecule has 1 fully saturated rings. The molecule has 0 spiro atoms. The van der Waals surface area contributed by atoms with Crippen LogP contribution in [0.1, 0.15) is 6.42 Å². The average molecular weight is 399 g/mol. The summed E-state index contributed by atoms with van der Waals surface area (Å²) in [5.41, 5.74) is 8.25. The fourth-order valence-electron chi connectivity index (χ4n) is 2.88. The van der Waals surface area contributed by atoms with Gasteiger partial charge in [0.2, 0.25) is 5.91 Å². The van der Waals surface area contributed by atoms with Gasteiger partial charge in [0.1, 0.15) is 0 Å². The number of likely N-dealkylation sites (N-methyl/N-ethyl adjacent to an activating group) is 2. The van der Waals surface area contributed by atoms with Gasteiger partial charge in [-0.25, -0.2) is 0 Å². The summed E-state index contributed by atoms with van der Waals surface area (Å²) >= 11 is 0. The number of carbonyl (C=O) groups excluding carboxylic acids is 1.